The molecule has 0 amide bonds. The monoisotopic (exact) mass is 294 g/mol. The molecule has 3 rings (SSSR count). The second kappa shape index (κ2) is 5.52. The van der Waals surface area contributed by atoms with Gasteiger partial charge in [-0.1, -0.05) is 6.58 Å². The molecule has 0 aliphatic heterocycles. The fraction of sp³-hybridized carbons (Fsp3) is 0.176. The van der Waals surface area contributed by atoms with Crippen LogP contribution in [0.1, 0.15) is 5.82 Å². The van der Waals surface area contributed by atoms with Crippen LogP contribution in [0.15, 0.2) is 49.4 Å². The Hall–Kier alpha value is -2.82. The molecule has 0 atom stereocenters. The first kappa shape index (κ1) is 14.1. The molecule has 0 bridgehead atoms. The van der Waals surface area contributed by atoms with Crippen LogP contribution in [0.25, 0.3) is 11.0 Å². The van der Waals surface area contributed by atoms with Crippen LogP contribution in [0.3, 0.4) is 0 Å². The molecule has 112 valence electrons. The number of hydrogen-bond donors (Lipinski definition) is 0. The van der Waals surface area contributed by atoms with Gasteiger partial charge in [0, 0.05) is 26.0 Å². The topological polar surface area (TPSA) is 43.2 Å². The SMILES string of the molecule is C=COc1ccc(N(C)c2nc(C)nc3ccn(C)c23)cc1. The van der Waals surface area contributed by atoms with Crippen LogP contribution in [0.2, 0.25) is 0 Å². The molecule has 2 aromatic heterocycles. The predicted molar refractivity (Wildman–Crippen MR) is 88.6 cm³/mol. The summed E-state index contributed by atoms with van der Waals surface area (Å²) in [5, 5.41) is 0. The highest BCUT2D eigenvalue weighted by molar-refractivity contribution is 5.89. The van der Waals surface area contributed by atoms with Crippen molar-refractivity contribution in [2.24, 2.45) is 7.05 Å². The maximum Gasteiger partial charge on any atom is 0.161 e. The van der Waals surface area contributed by atoms with Gasteiger partial charge in [-0.05, 0) is 37.3 Å². The van der Waals surface area contributed by atoms with E-state index in [4.69, 9.17) is 4.74 Å². The van der Waals surface area contributed by atoms with Gasteiger partial charge in [-0.25, -0.2) is 9.97 Å². The summed E-state index contributed by atoms with van der Waals surface area (Å²) in [6.07, 6.45) is 3.41. The van der Waals surface area contributed by atoms with Gasteiger partial charge in [0.2, 0.25) is 0 Å². The normalized spacial score (nSPS) is 10.7. The van der Waals surface area contributed by atoms with E-state index >= 15 is 0 Å². The summed E-state index contributed by atoms with van der Waals surface area (Å²) >= 11 is 0. The number of aromatic nitrogens is 3. The van der Waals surface area contributed by atoms with E-state index in [0.29, 0.717) is 0 Å². The van der Waals surface area contributed by atoms with E-state index in [-0.39, 0.29) is 0 Å². The summed E-state index contributed by atoms with van der Waals surface area (Å²) in [7, 11) is 4.00. The van der Waals surface area contributed by atoms with E-state index < -0.39 is 0 Å². The van der Waals surface area contributed by atoms with Gasteiger partial charge in [0.1, 0.15) is 17.1 Å². The van der Waals surface area contributed by atoms with Crippen molar-refractivity contribution in [2.45, 2.75) is 6.92 Å². The van der Waals surface area contributed by atoms with E-state index in [1.165, 1.54) is 6.26 Å². The van der Waals surface area contributed by atoms with Crippen LogP contribution in [0.4, 0.5) is 11.5 Å². The standard InChI is InChI=1S/C17H18N4O/c1-5-22-14-8-6-13(7-9-14)21(4)17-16-15(10-11-20(16)3)18-12(2)19-17/h5-11H,1H2,2-4H3. The molecule has 2 heterocycles. The van der Waals surface area contributed by atoms with Gasteiger partial charge >= 0.3 is 0 Å². The fourth-order valence-electron chi connectivity index (χ4n) is 2.49. The molecule has 3 aromatic rings. The van der Waals surface area contributed by atoms with Crippen molar-refractivity contribution in [3.63, 3.8) is 0 Å². The summed E-state index contributed by atoms with van der Waals surface area (Å²) in [6.45, 7) is 5.46. The molecule has 22 heavy (non-hydrogen) atoms. The van der Waals surface area contributed by atoms with Crippen molar-refractivity contribution in [2.75, 3.05) is 11.9 Å². The van der Waals surface area contributed by atoms with Gasteiger partial charge < -0.3 is 14.2 Å². The summed E-state index contributed by atoms with van der Waals surface area (Å²) in [6, 6.07) is 9.80. The molecule has 1 aromatic carbocycles. The molecular weight excluding hydrogens is 276 g/mol. The molecule has 0 radical (unpaired) electrons. The maximum atomic E-state index is 5.26. The van der Waals surface area contributed by atoms with Crippen molar-refractivity contribution >= 4 is 22.5 Å². The van der Waals surface area contributed by atoms with E-state index in [0.717, 1.165) is 34.1 Å². The largest absolute Gasteiger partial charge is 0.466 e. The first-order chi connectivity index (χ1) is 10.6. The molecule has 0 saturated heterocycles. The first-order valence-electron chi connectivity index (χ1n) is 7.01. The van der Waals surface area contributed by atoms with Crippen LogP contribution in [0.5, 0.6) is 5.75 Å². The second-order valence-electron chi connectivity index (χ2n) is 5.09. The van der Waals surface area contributed by atoms with E-state index in [9.17, 15) is 0 Å². The molecule has 0 aliphatic carbocycles. The Morgan fingerprint density at radius 3 is 2.59 bits per heavy atom. The third-order valence-corrected chi connectivity index (χ3v) is 3.57. The van der Waals surface area contributed by atoms with Gasteiger partial charge in [-0.2, -0.15) is 0 Å². The third kappa shape index (κ3) is 2.41. The lowest BCUT2D eigenvalue weighted by atomic mass is 10.2. The van der Waals surface area contributed by atoms with Gasteiger partial charge in [-0.3, -0.25) is 0 Å². The summed E-state index contributed by atoms with van der Waals surface area (Å²) in [5.41, 5.74) is 2.99. The zero-order valence-corrected chi connectivity index (χ0v) is 12.9. The van der Waals surface area contributed by atoms with E-state index in [2.05, 4.69) is 21.4 Å². The van der Waals surface area contributed by atoms with Crippen LogP contribution in [0, 0.1) is 6.92 Å². The smallest absolute Gasteiger partial charge is 0.161 e. The Labute approximate surface area is 129 Å². The molecule has 5 nitrogen and oxygen atoms in total. The van der Waals surface area contributed by atoms with Gasteiger partial charge in [0.25, 0.3) is 0 Å². The van der Waals surface area contributed by atoms with Crippen LogP contribution in [-0.2, 0) is 7.05 Å². The molecule has 0 fully saturated rings. The minimum atomic E-state index is 0.757. The molecule has 0 saturated carbocycles. The Morgan fingerprint density at radius 2 is 1.91 bits per heavy atom. The Bertz CT molecular complexity index is 821. The number of anilines is 2. The third-order valence-electron chi connectivity index (χ3n) is 3.57. The summed E-state index contributed by atoms with van der Waals surface area (Å²) in [5.74, 6) is 2.40. The van der Waals surface area contributed by atoms with Gasteiger partial charge in [-0.15, -0.1) is 0 Å². The molecule has 0 aliphatic rings. The zero-order valence-electron chi connectivity index (χ0n) is 12.9. The predicted octanol–water partition coefficient (Wildman–Crippen LogP) is 3.57. The molecule has 5 heteroatoms. The highest BCUT2D eigenvalue weighted by Gasteiger charge is 2.14. The number of nitrogens with zero attached hydrogens (tertiary/aromatic N) is 4. The lowest BCUT2D eigenvalue weighted by Gasteiger charge is -2.20. The molecule has 0 spiro atoms. The van der Waals surface area contributed by atoms with Crippen molar-refractivity contribution in [3.8, 4) is 5.75 Å². The van der Waals surface area contributed by atoms with Crippen LogP contribution >= 0.6 is 0 Å². The van der Waals surface area contributed by atoms with Crippen molar-refractivity contribution in [1.29, 1.82) is 0 Å². The van der Waals surface area contributed by atoms with Crippen molar-refractivity contribution < 1.29 is 4.74 Å². The average Bonchev–Trinajstić information content (AvgIpc) is 2.88. The quantitative estimate of drug-likeness (QED) is 0.690. The van der Waals surface area contributed by atoms with E-state index in [1.54, 1.807) is 0 Å². The van der Waals surface area contributed by atoms with Gasteiger partial charge in [0.05, 0.1) is 11.8 Å². The highest BCUT2D eigenvalue weighted by Crippen LogP contribution is 2.30. The minimum Gasteiger partial charge on any atom is -0.466 e. The number of benzene rings is 1. The first-order valence-corrected chi connectivity index (χ1v) is 7.01. The zero-order chi connectivity index (χ0) is 15.7. The average molecular weight is 294 g/mol. The number of fused-ring (bicyclic) bond motifs is 1. The van der Waals surface area contributed by atoms with E-state index in [1.807, 2.05) is 62.1 Å². The summed E-state index contributed by atoms with van der Waals surface area (Å²) in [4.78, 5) is 11.1. The maximum absolute atomic E-state index is 5.26. The minimum absolute atomic E-state index is 0.757. The molecule has 0 N–H and O–H groups in total. The number of aryl methyl sites for hydroxylation is 2. The Kier molecular flexibility index (Phi) is 3.55. The Balaban J connectivity index is 2.06. The van der Waals surface area contributed by atoms with Crippen molar-refractivity contribution in [3.05, 3.63) is 55.2 Å². The molecular formula is C17H18N4O. The van der Waals surface area contributed by atoms with Crippen LogP contribution < -0.4 is 9.64 Å². The molecule has 0 unspecified atom stereocenters. The fourth-order valence-corrected chi connectivity index (χ4v) is 2.49. The number of ether oxygens (including phenoxy) is 1. The Morgan fingerprint density at radius 1 is 1.18 bits per heavy atom. The second-order valence-corrected chi connectivity index (χ2v) is 5.09. The van der Waals surface area contributed by atoms with Crippen molar-refractivity contribution in [1.82, 2.24) is 14.5 Å². The lowest BCUT2D eigenvalue weighted by molar-refractivity contribution is 0.483. The van der Waals surface area contributed by atoms with Crippen LogP contribution in [-0.4, -0.2) is 21.6 Å². The summed E-state index contributed by atoms with van der Waals surface area (Å²) < 4.78 is 7.30. The highest BCUT2D eigenvalue weighted by atomic mass is 16.5. The number of hydrogen-bond acceptors (Lipinski definition) is 4. The number of rotatable bonds is 4. The lowest BCUT2D eigenvalue weighted by Crippen LogP contribution is -2.13. The van der Waals surface area contributed by atoms with Gasteiger partial charge in [0.15, 0.2) is 5.82 Å².